The van der Waals surface area contributed by atoms with Crippen LogP contribution in [0.1, 0.15) is 19.4 Å². The third-order valence-corrected chi connectivity index (χ3v) is 3.97. The van der Waals surface area contributed by atoms with Gasteiger partial charge in [-0.2, -0.15) is 5.10 Å². The van der Waals surface area contributed by atoms with Crippen LogP contribution in [0, 0.1) is 0 Å². The number of hydrogen-bond donors (Lipinski definition) is 2. The molecule has 2 aromatic rings. The van der Waals surface area contributed by atoms with Crippen LogP contribution < -0.4 is 15.1 Å². The second-order valence-electron chi connectivity index (χ2n) is 5.45. The van der Waals surface area contributed by atoms with E-state index in [4.69, 9.17) is 16.3 Å². The SMILES string of the molecule is CCN(CC)c1ccc(C=NNC(=O)COc2ccc(Cl)cc2)c(O)c1. The van der Waals surface area contributed by atoms with E-state index >= 15 is 0 Å². The van der Waals surface area contributed by atoms with E-state index < -0.39 is 5.91 Å². The monoisotopic (exact) mass is 375 g/mol. The molecule has 6 nitrogen and oxygen atoms in total. The first kappa shape index (κ1) is 19.6. The number of amides is 1. The number of aromatic hydroxyl groups is 1. The Labute approximate surface area is 158 Å². The minimum Gasteiger partial charge on any atom is -0.507 e. The molecule has 0 spiro atoms. The number of nitrogens with one attached hydrogen (secondary N) is 1. The number of phenolic OH excluding ortho intramolecular Hbond substituents is 1. The molecule has 0 saturated heterocycles. The van der Waals surface area contributed by atoms with Crippen LogP contribution in [-0.2, 0) is 4.79 Å². The lowest BCUT2D eigenvalue weighted by Gasteiger charge is -2.21. The van der Waals surface area contributed by atoms with E-state index in [1.807, 2.05) is 6.07 Å². The first-order valence-electron chi connectivity index (χ1n) is 8.31. The summed E-state index contributed by atoms with van der Waals surface area (Å²) in [6.45, 7) is 5.64. The standard InChI is InChI=1S/C19H22ClN3O3/c1-3-23(4-2)16-8-5-14(18(24)11-16)12-21-22-19(25)13-26-17-9-6-15(20)7-10-17/h5-12,24H,3-4,13H2,1-2H3,(H,22,25). The van der Waals surface area contributed by atoms with Crippen LogP contribution in [0.2, 0.25) is 5.02 Å². The number of phenols is 1. The Kier molecular flexibility index (Phi) is 7.29. The van der Waals surface area contributed by atoms with Crippen LogP contribution in [-0.4, -0.2) is 36.9 Å². The Morgan fingerprint density at radius 2 is 1.92 bits per heavy atom. The van der Waals surface area contributed by atoms with E-state index in [1.165, 1.54) is 6.21 Å². The Hall–Kier alpha value is -2.73. The molecule has 0 fully saturated rings. The van der Waals surface area contributed by atoms with Crippen molar-refractivity contribution in [1.29, 1.82) is 0 Å². The maximum absolute atomic E-state index is 11.7. The highest BCUT2D eigenvalue weighted by Gasteiger charge is 2.06. The van der Waals surface area contributed by atoms with Crippen molar-refractivity contribution < 1.29 is 14.6 Å². The number of nitrogens with zero attached hydrogens (tertiary/aromatic N) is 2. The van der Waals surface area contributed by atoms with Crippen LogP contribution in [0.15, 0.2) is 47.6 Å². The lowest BCUT2D eigenvalue weighted by atomic mass is 10.2. The van der Waals surface area contributed by atoms with Crippen molar-refractivity contribution in [3.63, 3.8) is 0 Å². The molecule has 0 saturated carbocycles. The highest BCUT2D eigenvalue weighted by atomic mass is 35.5. The summed E-state index contributed by atoms with van der Waals surface area (Å²) < 4.78 is 5.32. The average molecular weight is 376 g/mol. The molecule has 0 aliphatic rings. The van der Waals surface area contributed by atoms with E-state index in [0.717, 1.165) is 18.8 Å². The van der Waals surface area contributed by atoms with Gasteiger partial charge in [0.15, 0.2) is 6.61 Å². The maximum Gasteiger partial charge on any atom is 0.277 e. The van der Waals surface area contributed by atoms with Crippen molar-refractivity contribution in [3.8, 4) is 11.5 Å². The van der Waals surface area contributed by atoms with Crippen molar-refractivity contribution >= 4 is 29.4 Å². The maximum atomic E-state index is 11.7. The Balaban J connectivity index is 1.87. The van der Waals surface area contributed by atoms with Gasteiger partial charge in [-0.1, -0.05) is 11.6 Å². The fourth-order valence-corrected chi connectivity index (χ4v) is 2.44. The molecule has 0 atom stereocenters. The fraction of sp³-hybridized carbons (Fsp3) is 0.263. The lowest BCUT2D eigenvalue weighted by Crippen LogP contribution is -2.24. The topological polar surface area (TPSA) is 74.2 Å². The van der Waals surface area contributed by atoms with Gasteiger partial charge >= 0.3 is 0 Å². The number of hydrazone groups is 1. The molecule has 0 aliphatic heterocycles. The van der Waals surface area contributed by atoms with Gasteiger partial charge in [-0.15, -0.1) is 0 Å². The molecule has 7 heteroatoms. The third kappa shape index (κ3) is 5.67. The molecule has 2 N–H and O–H groups in total. The minimum absolute atomic E-state index is 0.102. The van der Waals surface area contributed by atoms with Gasteiger partial charge in [0, 0.05) is 35.4 Å². The number of rotatable bonds is 8. The van der Waals surface area contributed by atoms with Gasteiger partial charge in [0.1, 0.15) is 11.5 Å². The summed E-state index contributed by atoms with van der Waals surface area (Å²) >= 11 is 5.78. The second-order valence-corrected chi connectivity index (χ2v) is 5.89. The fourth-order valence-electron chi connectivity index (χ4n) is 2.31. The van der Waals surface area contributed by atoms with Crippen LogP contribution in [0.5, 0.6) is 11.5 Å². The number of hydrogen-bond acceptors (Lipinski definition) is 5. The molecule has 0 radical (unpaired) electrons. The van der Waals surface area contributed by atoms with E-state index in [0.29, 0.717) is 16.3 Å². The van der Waals surface area contributed by atoms with E-state index in [1.54, 1.807) is 36.4 Å². The first-order valence-corrected chi connectivity index (χ1v) is 8.69. The average Bonchev–Trinajstić information content (AvgIpc) is 2.64. The van der Waals surface area contributed by atoms with Crippen molar-refractivity contribution in [2.75, 3.05) is 24.6 Å². The molecule has 0 aliphatic carbocycles. The molecule has 0 aromatic heterocycles. The summed E-state index contributed by atoms with van der Waals surface area (Å²) in [5.74, 6) is 0.235. The van der Waals surface area contributed by atoms with Gasteiger partial charge in [0.2, 0.25) is 0 Å². The first-order chi connectivity index (χ1) is 12.5. The van der Waals surface area contributed by atoms with Gasteiger partial charge in [0.05, 0.1) is 6.21 Å². The molecule has 2 aromatic carbocycles. The molecule has 1 amide bonds. The predicted octanol–water partition coefficient (Wildman–Crippen LogP) is 3.42. The van der Waals surface area contributed by atoms with E-state index in [-0.39, 0.29) is 12.4 Å². The summed E-state index contributed by atoms with van der Waals surface area (Å²) in [5, 5.41) is 14.5. The highest BCUT2D eigenvalue weighted by molar-refractivity contribution is 6.30. The highest BCUT2D eigenvalue weighted by Crippen LogP contribution is 2.23. The van der Waals surface area contributed by atoms with Crippen LogP contribution >= 0.6 is 11.6 Å². The Morgan fingerprint density at radius 1 is 1.23 bits per heavy atom. The number of carbonyl (C=O) groups excluding carboxylic acids is 1. The summed E-state index contributed by atoms with van der Waals surface area (Å²) in [5.41, 5.74) is 3.81. The van der Waals surface area contributed by atoms with E-state index in [9.17, 15) is 9.90 Å². The molecule has 2 rings (SSSR count). The van der Waals surface area contributed by atoms with Gasteiger partial charge < -0.3 is 14.7 Å². The number of anilines is 1. The molecule has 0 unspecified atom stereocenters. The number of halogens is 1. The largest absolute Gasteiger partial charge is 0.507 e. The van der Waals surface area contributed by atoms with Crippen molar-refractivity contribution in [1.82, 2.24) is 5.43 Å². The summed E-state index contributed by atoms with van der Waals surface area (Å²) in [4.78, 5) is 13.9. The smallest absolute Gasteiger partial charge is 0.277 e. The molecular formula is C19H22ClN3O3. The van der Waals surface area contributed by atoms with Gasteiger partial charge in [-0.25, -0.2) is 5.43 Å². The van der Waals surface area contributed by atoms with Crippen molar-refractivity contribution in [3.05, 3.63) is 53.1 Å². The third-order valence-electron chi connectivity index (χ3n) is 3.72. The van der Waals surface area contributed by atoms with Gasteiger partial charge in [-0.3, -0.25) is 4.79 Å². The zero-order valence-electron chi connectivity index (χ0n) is 14.8. The van der Waals surface area contributed by atoms with E-state index in [2.05, 4.69) is 29.3 Å². The zero-order chi connectivity index (χ0) is 18.9. The molecular weight excluding hydrogens is 354 g/mol. The van der Waals surface area contributed by atoms with Crippen LogP contribution in [0.25, 0.3) is 0 Å². The molecule has 26 heavy (non-hydrogen) atoms. The number of carbonyl (C=O) groups is 1. The number of benzene rings is 2. The Bertz CT molecular complexity index is 759. The molecule has 0 heterocycles. The Morgan fingerprint density at radius 3 is 2.54 bits per heavy atom. The minimum atomic E-state index is -0.407. The summed E-state index contributed by atoms with van der Waals surface area (Å²) in [6, 6.07) is 12.0. The summed E-state index contributed by atoms with van der Waals surface area (Å²) in [7, 11) is 0. The van der Waals surface area contributed by atoms with Crippen molar-refractivity contribution in [2.45, 2.75) is 13.8 Å². The quantitative estimate of drug-likeness (QED) is 0.547. The van der Waals surface area contributed by atoms with Crippen LogP contribution in [0.4, 0.5) is 5.69 Å². The summed E-state index contributed by atoms with van der Waals surface area (Å²) in [6.07, 6.45) is 1.39. The predicted molar refractivity (Wildman–Crippen MR) is 104 cm³/mol. The zero-order valence-corrected chi connectivity index (χ0v) is 15.5. The molecule has 0 bridgehead atoms. The van der Waals surface area contributed by atoms with Gasteiger partial charge in [0.25, 0.3) is 5.91 Å². The number of ether oxygens (including phenoxy) is 1. The van der Waals surface area contributed by atoms with Gasteiger partial charge in [-0.05, 0) is 50.2 Å². The molecule has 138 valence electrons. The van der Waals surface area contributed by atoms with Crippen molar-refractivity contribution in [2.24, 2.45) is 5.10 Å². The second kappa shape index (κ2) is 9.68. The lowest BCUT2D eigenvalue weighted by molar-refractivity contribution is -0.123. The van der Waals surface area contributed by atoms with Crippen LogP contribution in [0.3, 0.4) is 0 Å². The normalized spacial score (nSPS) is 10.7.